The van der Waals surface area contributed by atoms with Crippen LogP contribution >= 0.6 is 0 Å². The summed E-state index contributed by atoms with van der Waals surface area (Å²) in [5.41, 5.74) is 3.82. The third kappa shape index (κ3) is 2.08. The van der Waals surface area contributed by atoms with Crippen LogP contribution in [0, 0.1) is 0 Å². The predicted octanol–water partition coefficient (Wildman–Crippen LogP) is 3.41. The summed E-state index contributed by atoms with van der Waals surface area (Å²) in [5.74, 6) is 0.596. The van der Waals surface area contributed by atoms with Crippen molar-refractivity contribution < 1.29 is 9.59 Å². The molecule has 0 spiro atoms. The standard InChI is InChI=1S/C18H14N4O2/c1-11(24)22-9-13(12-5-2-3-8-16(12)22)18-20-15-7-4-6-14(19-10-23)17(15)21-18/h2-10H,1H3,(H,19,23)(H,20,21). The van der Waals surface area contributed by atoms with Crippen molar-refractivity contribution in [3.05, 3.63) is 48.7 Å². The zero-order chi connectivity index (χ0) is 16.7. The lowest BCUT2D eigenvalue weighted by Crippen LogP contribution is -2.02. The molecule has 0 unspecified atom stereocenters. The Morgan fingerprint density at radius 1 is 1.21 bits per heavy atom. The van der Waals surface area contributed by atoms with Crippen molar-refractivity contribution in [2.24, 2.45) is 0 Å². The maximum Gasteiger partial charge on any atom is 0.227 e. The SMILES string of the molecule is CC(=O)n1cc(-c2nc3c(NC=O)cccc3[nH]2)c2ccccc21. The Kier molecular flexibility index (Phi) is 3.16. The van der Waals surface area contributed by atoms with Gasteiger partial charge in [0, 0.05) is 24.1 Å². The Balaban J connectivity index is 1.98. The average Bonchev–Trinajstić information content (AvgIpc) is 3.17. The number of hydrogen-bond acceptors (Lipinski definition) is 3. The Hall–Kier alpha value is -3.41. The molecule has 0 atom stereocenters. The van der Waals surface area contributed by atoms with Gasteiger partial charge in [0.25, 0.3) is 0 Å². The van der Waals surface area contributed by atoms with Crippen LogP contribution in [-0.2, 0) is 4.79 Å². The first-order chi connectivity index (χ1) is 11.7. The molecule has 24 heavy (non-hydrogen) atoms. The summed E-state index contributed by atoms with van der Waals surface area (Å²) in [6.45, 7) is 1.53. The highest BCUT2D eigenvalue weighted by atomic mass is 16.1. The third-order valence-corrected chi connectivity index (χ3v) is 4.03. The van der Waals surface area contributed by atoms with E-state index in [2.05, 4.69) is 15.3 Å². The number of benzene rings is 2. The molecule has 1 amide bonds. The van der Waals surface area contributed by atoms with Gasteiger partial charge < -0.3 is 10.3 Å². The number of fused-ring (bicyclic) bond motifs is 2. The first-order valence-electron chi connectivity index (χ1n) is 7.49. The summed E-state index contributed by atoms with van der Waals surface area (Å²) < 4.78 is 1.61. The van der Waals surface area contributed by atoms with Crippen molar-refractivity contribution >= 4 is 39.9 Å². The summed E-state index contributed by atoms with van der Waals surface area (Å²) in [5, 5.41) is 3.59. The number of H-pyrrole nitrogens is 1. The van der Waals surface area contributed by atoms with E-state index in [1.165, 1.54) is 6.92 Å². The molecule has 0 radical (unpaired) electrons. The molecule has 4 aromatic rings. The molecule has 2 N–H and O–H groups in total. The van der Waals surface area contributed by atoms with Crippen molar-refractivity contribution in [2.45, 2.75) is 6.92 Å². The van der Waals surface area contributed by atoms with Gasteiger partial charge in [-0.1, -0.05) is 24.3 Å². The van der Waals surface area contributed by atoms with Crippen molar-refractivity contribution in [3.63, 3.8) is 0 Å². The van der Waals surface area contributed by atoms with Gasteiger partial charge in [-0.25, -0.2) is 4.98 Å². The van der Waals surface area contributed by atoms with Gasteiger partial charge in [0.1, 0.15) is 11.3 Å². The topological polar surface area (TPSA) is 79.8 Å². The van der Waals surface area contributed by atoms with E-state index >= 15 is 0 Å². The van der Waals surface area contributed by atoms with Crippen LogP contribution in [0.1, 0.15) is 11.7 Å². The van der Waals surface area contributed by atoms with E-state index in [1.54, 1.807) is 16.8 Å². The molecular formula is C18H14N4O2. The van der Waals surface area contributed by atoms with E-state index in [0.29, 0.717) is 23.4 Å². The zero-order valence-corrected chi connectivity index (χ0v) is 12.9. The molecule has 0 aliphatic heterocycles. The van der Waals surface area contributed by atoms with Gasteiger partial charge in [-0.2, -0.15) is 0 Å². The summed E-state index contributed by atoms with van der Waals surface area (Å²) >= 11 is 0. The highest BCUT2D eigenvalue weighted by molar-refractivity contribution is 6.02. The predicted molar refractivity (Wildman–Crippen MR) is 93.0 cm³/mol. The number of para-hydroxylation sites is 2. The normalized spacial score (nSPS) is 11.0. The fourth-order valence-corrected chi connectivity index (χ4v) is 2.97. The van der Waals surface area contributed by atoms with Crippen molar-refractivity contribution in [3.8, 4) is 11.4 Å². The number of anilines is 1. The largest absolute Gasteiger partial charge is 0.338 e. The number of carbonyl (C=O) groups is 2. The Morgan fingerprint density at radius 2 is 2.04 bits per heavy atom. The molecule has 0 saturated heterocycles. The number of nitrogens with one attached hydrogen (secondary N) is 2. The van der Waals surface area contributed by atoms with Crippen LogP contribution in [0.25, 0.3) is 33.3 Å². The molecule has 2 aromatic carbocycles. The number of carbonyl (C=O) groups excluding carboxylic acids is 2. The molecule has 2 heterocycles. The highest BCUT2D eigenvalue weighted by Gasteiger charge is 2.16. The lowest BCUT2D eigenvalue weighted by Gasteiger charge is -1.97. The maximum absolute atomic E-state index is 11.9. The number of imidazole rings is 1. The monoisotopic (exact) mass is 318 g/mol. The van der Waals surface area contributed by atoms with Gasteiger partial charge >= 0.3 is 0 Å². The number of aromatic nitrogens is 3. The van der Waals surface area contributed by atoms with Crippen LogP contribution in [0.3, 0.4) is 0 Å². The molecule has 6 heteroatoms. The van der Waals surface area contributed by atoms with Gasteiger partial charge in [-0.15, -0.1) is 0 Å². The van der Waals surface area contributed by atoms with Gasteiger partial charge in [-0.3, -0.25) is 14.2 Å². The van der Waals surface area contributed by atoms with E-state index in [4.69, 9.17) is 0 Å². The van der Waals surface area contributed by atoms with Crippen molar-refractivity contribution in [2.75, 3.05) is 5.32 Å². The minimum Gasteiger partial charge on any atom is -0.338 e. The highest BCUT2D eigenvalue weighted by Crippen LogP contribution is 2.31. The van der Waals surface area contributed by atoms with Crippen LogP contribution in [0.15, 0.2) is 48.7 Å². The molecule has 4 rings (SSSR count). The summed E-state index contributed by atoms with van der Waals surface area (Å²) in [4.78, 5) is 30.5. The summed E-state index contributed by atoms with van der Waals surface area (Å²) in [6.07, 6.45) is 2.42. The van der Waals surface area contributed by atoms with E-state index in [0.717, 1.165) is 22.0 Å². The second-order valence-electron chi connectivity index (χ2n) is 5.50. The van der Waals surface area contributed by atoms with E-state index in [1.807, 2.05) is 36.4 Å². The molecule has 0 aliphatic rings. The molecular weight excluding hydrogens is 304 g/mol. The van der Waals surface area contributed by atoms with Gasteiger partial charge in [0.05, 0.1) is 16.7 Å². The first kappa shape index (κ1) is 14.2. The molecule has 6 nitrogen and oxygen atoms in total. The summed E-state index contributed by atoms with van der Waals surface area (Å²) in [6, 6.07) is 13.2. The molecule has 0 saturated carbocycles. The smallest absolute Gasteiger partial charge is 0.227 e. The van der Waals surface area contributed by atoms with Crippen molar-refractivity contribution in [1.82, 2.24) is 14.5 Å². The van der Waals surface area contributed by atoms with Crippen LogP contribution in [0.5, 0.6) is 0 Å². The van der Waals surface area contributed by atoms with Crippen LogP contribution in [0.2, 0.25) is 0 Å². The number of nitrogens with zero attached hydrogens (tertiary/aromatic N) is 2. The van der Waals surface area contributed by atoms with Gasteiger partial charge in [-0.05, 0) is 18.2 Å². The van der Waals surface area contributed by atoms with Crippen LogP contribution < -0.4 is 5.32 Å². The van der Waals surface area contributed by atoms with E-state index in [-0.39, 0.29) is 5.91 Å². The molecule has 118 valence electrons. The molecule has 0 fully saturated rings. The van der Waals surface area contributed by atoms with Gasteiger partial charge in [0.2, 0.25) is 12.3 Å². The van der Waals surface area contributed by atoms with E-state index in [9.17, 15) is 9.59 Å². The van der Waals surface area contributed by atoms with E-state index < -0.39 is 0 Å². The Morgan fingerprint density at radius 3 is 2.83 bits per heavy atom. The number of amides is 1. The van der Waals surface area contributed by atoms with Gasteiger partial charge in [0.15, 0.2) is 0 Å². The van der Waals surface area contributed by atoms with Crippen molar-refractivity contribution in [1.29, 1.82) is 0 Å². The Bertz CT molecular complexity index is 1090. The fraction of sp³-hybridized carbons (Fsp3) is 0.0556. The maximum atomic E-state index is 11.9. The Labute approximate surface area is 137 Å². The minimum absolute atomic E-state index is 0.0585. The quantitative estimate of drug-likeness (QED) is 0.568. The third-order valence-electron chi connectivity index (χ3n) is 4.03. The molecule has 0 bridgehead atoms. The summed E-state index contributed by atoms with van der Waals surface area (Å²) in [7, 11) is 0. The van der Waals surface area contributed by atoms with Crippen LogP contribution in [0.4, 0.5) is 5.69 Å². The van der Waals surface area contributed by atoms with Crippen LogP contribution in [-0.4, -0.2) is 26.9 Å². The fourth-order valence-electron chi connectivity index (χ4n) is 2.97. The number of aromatic amines is 1. The second-order valence-corrected chi connectivity index (χ2v) is 5.50. The lowest BCUT2D eigenvalue weighted by molar-refractivity contribution is -0.105. The number of hydrogen-bond donors (Lipinski definition) is 2. The second kappa shape index (κ2) is 5.34. The zero-order valence-electron chi connectivity index (χ0n) is 12.9. The first-order valence-corrected chi connectivity index (χ1v) is 7.49. The lowest BCUT2D eigenvalue weighted by atomic mass is 10.2. The molecule has 0 aliphatic carbocycles. The number of rotatable bonds is 3. The molecule has 2 aromatic heterocycles. The average molecular weight is 318 g/mol. The minimum atomic E-state index is -0.0585.